The fraction of sp³-hybridized carbons (Fsp3) is 0.403. The van der Waals surface area contributed by atoms with Gasteiger partial charge in [0.15, 0.2) is 18.0 Å². The highest BCUT2D eigenvalue weighted by molar-refractivity contribution is 8.03. The first-order valence-corrected chi connectivity index (χ1v) is 35.3. The molecule has 2 aliphatic carbocycles. The van der Waals surface area contributed by atoms with Crippen LogP contribution in [0.5, 0.6) is 0 Å². The van der Waals surface area contributed by atoms with E-state index >= 15 is 0 Å². The Labute approximate surface area is 541 Å². The van der Waals surface area contributed by atoms with E-state index in [2.05, 4.69) is 135 Å². The van der Waals surface area contributed by atoms with Crippen molar-refractivity contribution < 1.29 is 54.6 Å². The highest BCUT2D eigenvalue weighted by atomic mass is 32.2. The molecule has 5 N–H and O–H groups in total. The zero-order chi connectivity index (χ0) is 65.6. The van der Waals surface area contributed by atoms with Crippen LogP contribution in [0.25, 0.3) is 0 Å². The smallest absolute Gasteiger partial charge is 0.305 e. The second-order valence-corrected chi connectivity index (χ2v) is 30.7. The molecule has 4 aliphatic heterocycles. The molecule has 19 heteroatoms. The van der Waals surface area contributed by atoms with E-state index in [1.54, 1.807) is 36.0 Å². The summed E-state index contributed by atoms with van der Waals surface area (Å²) in [5, 5.41) is 16.2. The molecule has 0 spiro atoms. The predicted octanol–water partition coefficient (Wildman–Crippen LogP) is 12.8. The second kappa shape index (κ2) is 25.9. The molecule has 4 aromatic carbocycles. The maximum Gasteiger partial charge on any atom is 0.305 e. The summed E-state index contributed by atoms with van der Waals surface area (Å²) >= 11 is 1.78. The summed E-state index contributed by atoms with van der Waals surface area (Å²) in [4.78, 5) is 44.2. The Kier molecular flexibility index (Phi) is 19.0. The minimum absolute atomic E-state index is 0.00732. The molecule has 4 heterocycles. The summed E-state index contributed by atoms with van der Waals surface area (Å²) in [6.07, 6.45) is 24.5. The number of rotatable bonds is 20. The third-order valence-electron chi connectivity index (χ3n) is 19.4. The first-order valence-electron chi connectivity index (χ1n) is 31.4. The number of carbonyl (C=O) groups excluding carboxylic acids is 2. The first kappa shape index (κ1) is 66.5. The van der Waals surface area contributed by atoms with Gasteiger partial charge in [0.25, 0.3) is 20.2 Å². The lowest BCUT2D eigenvalue weighted by molar-refractivity contribution is -0.436. The van der Waals surface area contributed by atoms with E-state index in [1.807, 2.05) is 55.4 Å². The normalized spacial score (nSPS) is 22.1. The largest absolute Gasteiger partial charge is 0.481 e. The summed E-state index contributed by atoms with van der Waals surface area (Å²) in [7, 11) is -4.73. The number of nitrogens with one attached hydrogen (secondary N) is 2. The Morgan fingerprint density at radius 2 is 1.22 bits per heavy atom. The van der Waals surface area contributed by atoms with Crippen LogP contribution in [0.4, 0.5) is 22.7 Å². The minimum atomic E-state index is -4.53. The molecular weight excluding hydrogens is 1210 g/mol. The topological polar surface area (TPSA) is 217 Å². The molecule has 0 radical (unpaired) electrons. The van der Waals surface area contributed by atoms with Crippen LogP contribution in [0.15, 0.2) is 177 Å². The molecule has 0 unspecified atom stereocenters. The zero-order valence-corrected chi connectivity index (χ0v) is 56.3. The van der Waals surface area contributed by atoms with Crippen LogP contribution in [0.2, 0.25) is 0 Å². The lowest BCUT2D eigenvalue weighted by atomic mass is 9.81. The molecule has 4 aromatic rings. The van der Waals surface area contributed by atoms with Crippen molar-refractivity contribution in [2.75, 3.05) is 42.7 Å². The van der Waals surface area contributed by atoms with Crippen molar-refractivity contribution in [2.45, 2.75) is 163 Å². The van der Waals surface area contributed by atoms with Gasteiger partial charge >= 0.3 is 5.97 Å². The highest BCUT2D eigenvalue weighted by Gasteiger charge is 2.47. The molecular formula is C72H86N6O10S3+2. The van der Waals surface area contributed by atoms with Crippen LogP contribution in [-0.2, 0) is 56.3 Å². The van der Waals surface area contributed by atoms with Gasteiger partial charge in [-0.15, -0.1) is 11.8 Å². The van der Waals surface area contributed by atoms with Gasteiger partial charge in [0.05, 0.1) is 33.5 Å². The molecule has 0 aromatic heterocycles. The van der Waals surface area contributed by atoms with Crippen molar-refractivity contribution in [2.24, 2.45) is 0 Å². The Morgan fingerprint density at radius 3 is 1.87 bits per heavy atom. The summed E-state index contributed by atoms with van der Waals surface area (Å²) in [5.74, 6) is -0.491. The Balaban J connectivity index is 0.784. The number of likely N-dealkylation sites (N-methyl/N-ethyl adjacent to an activating group) is 1. The van der Waals surface area contributed by atoms with Crippen LogP contribution in [0, 0.1) is 0 Å². The van der Waals surface area contributed by atoms with Gasteiger partial charge in [-0.2, -0.15) is 26.0 Å². The molecule has 1 fully saturated rings. The van der Waals surface area contributed by atoms with Crippen LogP contribution >= 0.6 is 11.8 Å². The molecule has 10 rings (SSSR count). The molecule has 480 valence electrons. The number of aliphatic carboxylic acids is 1. The highest BCUT2D eigenvalue weighted by Crippen LogP contribution is 2.50. The number of para-hydroxylation sites is 2. The zero-order valence-electron chi connectivity index (χ0n) is 53.8. The Bertz CT molecular complexity index is 4150. The van der Waals surface area contributed by atoms with E-state index in [1.165, 1.54) is 74.2 Å². The number of benzene rings is 4. The van der Waals surface area contributed by atoms with Gasteiger partial charge in [-0.3, -0.25) is 23.5 Å². The van der Waals surface area contributed by atoms with E-state index in [-0.39, 0.29) is 70.5 Å². The average Bonchev–Trinajstić information content (AvgIpc) is 1.63. The monoisotopic (exact) mass is 1290 g/mol. The molecule has 2 amide bonds. The van der Waals surface area contributed by atoms with E-state index in [0.29, 0.717) is 53.2 Å². The third kappa shape index (κ3) is 13.6. The van der Waals surface area contributed by atoms with Gasteiger partial charge in [-0.05, 0) is 143 Å². The number of amides is 2. The van der Waals surface area contributed by atoms with Crippen LogP contribution in [-0.4, -0.2) is 114 Å². The number of allylic oxidation sites excluding steroid dienone is 13. The minimum Gasteiger partial charge on any atom is -0.481 e. The number of hydrogen-bond donors (Lipinski definition) is 5. The maximum absolute atomic E-state index is 13.9. The molecule has 16 nitrogen and oxygen atoms in total. The first-order chi connectivity index (χ1) is 42.9. The Hall–Kier alpha value is -7.42. The van der Waals surface area contributed by atoms with E-state index < -0.39 is 37.0 Å². The Morgan fingerprint density at radius 1 is 0.615 bits per heavy atom. The van der Waals surface area contributed by atoms with Crippen molar-refractivity contribution in [1.82, 2.24) is 10.6 Å². The van der Waals surface area contributed by atoms with Crippen molar-refractivity contribution in [3.8, 4) is 0 Å². The maximum atomic E-state index is 13.9. The summed E-state index contributed by atoms with van der Waals surface area (Å²) in [5.41, 5.74) is 12.4. The fourth-order valence-corrected chi connectivity index (χ4v) is 16.7. The van der Waals surface area contributed by atoms with Crippen molar-refractivity contribution >= 4 is 84.0 Å². The summed E-state index contributed by atoms with van der Waals surface area (Å²) in [6, 6.07) is 25.9. The van der Waals surface area contributed by atoms with E-state index in [9.17, 15) is 45.4 Å². The molecule has 0 bridgehead atoms. The number of hydrogen-bond acceptors (Lipinski definition) is 10. The van der Waals surface area contributed by atoms with Crippen LogP contribution in [0.3, 0.4) is 0 Å². The van der Waals surface area contributed by atoms with Crippen LogP contribution in [0.1, 0.15) is 142 Å². The van der Waals surface area contributed by atoms with Gasteiger partial charge in [0.2, 0.25) is 23.2 Å². The van der Waals surface area contributed by atoms with Crippen LogP contribution < -0.4 is 20.4 Å². The predicted molar refractivity (Wildman–Crippen MR) is 363 cm³/mol. The molecule has 0 atom stereocenters. The standard InChI is InChI=1S/C72H84N6O10S3/c1-69(2)53-21-14-16-23-57(53)75(9)61(69)37-27-47-19-18-20-48(28-38-62-70(3,4)54-22-15-17-24-58(54)76(62)10)68(47)89-44-41-66(80)74-50-31-29-49(30-32-50)73-65(79)39-42-77-59-35-33-51(90(83,84)85)45-55(59)71(5,6)63(77)25-12-11-13-26-64-72(7,8)56-46-52(91(86,87)88)34-36-60(56)78(64)43-40-67(81)82/h11-17,21-28,33-38,45-46,49-50H,18-20,29-32,39-44H2,1-10H3,(H3-2,73,74,79,80,81,82,83,84,85,86,87,88)/p+2/t49-,50-. The van der Waals surface area contributed by atoms with E-state index in [0.717, 1.165) is 37.8 Å². The summed E-state index contributed by atoms with van der Waals surface area (Å²) in [6.45, 7) is 17.2. The summed E-state index contributed by atoms with van der Waals surface area (Å²) < 4.78 is 73.1. The van der Waals surface area contributed by atoms with Crippen molar-refractivity contribution in [3.05, 3.63) is 189 Å². The number of thioether (sulfide) groups is 1. The molecule has 1 saturated carbocycles. The van der Waals surface area contributed by atoms with Gasteiger partial charge < -0.3 is 25.5 Å². The average molecular weight is 1290 g/mol. The number of carboxylic acids is 1. The van der Waals surface area contributed by atoms with Gasteiger partial charge in [-0.25, -0.2) is 0 Å². The fourth-order valence-electron chi connectivity index (χ4n) is 14.5. The van der Waals surface area contributed by atoms with E-state index in [4.69, 9.17) is 0 Å². The lowest BCUT2D eigenvalue weighted by Crippen LogP contribution is -2.44. The quantitative estimate of drug-likeness (QED) is 0.0317. The number of anilines is 2. The molecule has 0 saturated heterocycles. The number of fused-ring (bicyclic) bond motifs is 4. The lowest BCUT2D eigenvalue weighted by Gasteiger charge is -2.29. The number of carbonyl (C=O) groups is 3. The molecule has 91 heavy (non-hydrogen) atoms. The SMILES string of the molecule is CN1/C(=C/C=C2\CCCC(/C=C/C3=[N+](C)c4ccccc4C3(C)C)=C2SCCC(=O)N[C@H]2CC[C@H](NC(=O)CC[N+]3=C(/C=C/C=C/C=C4/N(CCC(=O)O)c5ccc(S(=O)(=O)O)cc5C4(C)C)C(C)(C)c4cc(S(=O)(=O)O)ccc43)CC2)C(C)(C)c2ccccc21. The third-order valence-corrected chi connectivity index (χ3v) is 22.4. The number of carboxylic acid groups (broad SMARTS) is 1. The second-order valence-electron chi connectivity index (χ2n) is 26.8. The van der Waals surface area contributed by atoms with Crippen molar-refractivity contribution in [1.29, 1.82) is 0 Å². The van der Waals surface area contributed by atoms with Gasteiger partial charge in [0.1, 0.15) is 7.05 Å². The van der Waals surface area contributed by atoms with Gasteiger partial charge in [-0.1, -0.05) is 94.5 Å². The number of nitrogens with zero attached hydrogens (tertiary/aromatic N) is 4. The van der Waals surface area contributed by atoms with Gasteiger partial charge in [0, 0.05) is 112 Å². The van der Waals surface area contributed by atoms with Crippen molar-refractivity contribution in [3.63, 3.8) is 0 Å². The molecule has 6 aliphatic rings.